The van der Waals surface area contributed by atoms with Gasteiger partial charge < -0.3 is 10.2 Å². The molecule has 0 aliphatic carbocycles. The molecule has 1 atom stereocenters. The van der Waals surface area contributed by atoms with Gasteiger partial charge in [-0.25, -0.2) is 4.68 Å². The van der Waals surface area contributed by atoms with Gasteiger partial charge in [0.1, 0.15) is 5.52 Å². The molecule has 6 nitrogen and oxygen atoms in total. The Balaban J connectivity index is 2.14. The molecule has 1 unspecified atom stereocenters. The summed E-state index contributed by atoms with van der Waals surface area (Å²) in [7, 11) is 0. The maximum absolute atomic E-state index is 11.4. The summed E-state index contributed by atoms with van der Waals surface area (Å²) in [6.07, 6.45) is -0.0596. The molecule has 132 valence electrons. The Hall–Kier alpha value is -1.96. The number of carboxylic acid groups (broad SMARTS) is 1. The normalized spacial score (nSPS) is 12.6. The molecule has 2 N–H and O–H groups in total. The van der Waals surface area contributed by atoms with Crippen LogP contribution in [0.4, 0.5) is 0 Å². The van der Waals surface area contributed by atoms with Crippen LogP contribution in [0, 0.1) is 6.92 Å². The zero-order chi connectivity index (χ0) is 18.1. The molecule has 0 amide bonds. The number of aliphatic carboxylic acids is 1. The highest BCUT2D eigenvalue weighted by Gasteiger charge is 2.24. The number of hydrogen-bond donors (Lipinski definition) is 2. The fraction of sp³-hybridized carbons (Fsp3) is 0.353. The van der Waals surface area contributed by atoms with E-state index in [1.54, 1.807) is 6.07 Å². The summed E-state index contributed by atoms with van der Waals surface area (Å²) in [5.74, 6) is -1.24. The number of fused-ring (bicyclic) bond motifs is 1. The van der Waals surface area contributed by atoms with Gasteiger partial charge in [-0.2, -0.15) is 0 Å². The predicted octanol–water partition coefficient (Wildman–Crippen LogP) is 3.57. The van der Waals surface area contributed by atoms with Gasteiger partial charge in [0.2, 0.25) is 0 Å². The van der Waals surface area contributed by atoms with E-state index in [4.69, 9.17) is 11.6 Å². The van der Waals surface area contributed by atoms with Crippen molar-refractivity contribution in [1.82, 2.24) is 15.0 Å². The number of nitrogens with zero attached hydrogens (tertiary/aromatic N) is 3. The summed E-state index contributed by atoms with van der Waals surface area (Å²) in [5, 5.41) is 27.1. The van der Waals surface area contributed by atoms with E-state index in [0.29, 0.717) is 16.4 Å². The highest BCUT2D eigenvalue weighted by molar-refractivity contribution is 7.16. The molecule has 0 saturated carbocycles. The van der Waals surface area contributed by atoms with Crippen molar-refractivity contribution in [3.63, 3.8) is 0 Å². The van der Waals surface area contributed by atoms with E-state index >= 15 is 0 Å². The average Bonchev–Trinajstić information content (AvgIpc) is 3.16. The minimum Gasteiger partial charge on any atom is -0.481 e. The maximum atomic E-state index is 11.4. The van der Waals surface area contributed by atoms with E-state index in [1.165, 1.54) is 11.3 Å². The number of carboxylic acids is 1. The molecular weight excluding hydrogens is 362 g/mol. The van der Waals surface area contributed by atoms with E-state index < -0.39 is 5.97 Å². The van der Waals surface area contributed by atoms with Crippen LogP contribution in [0.25, 0.3) is 11.0 Å². The zero-order valence-corrected chi connectivity index (χ0v) is 15.4. The minimum atomic E-state index is -0.892. The molecule has 2 aromatic heterocycles. The van der Waals surface area contributed by atoms with Crippen molar-refractivity contribution in [3.05, 3.63) is 44.1 Å². The molecule has 3 aromatic rings. The van der Waals surface area contributed by atoms with E-state index in [-0.39, 0.29) is 18.9 Å². The van der Waals surface area contributed by atoms with Crippen molar-refractivity contribution >= 4 is 39.9 Å². The molecule has 0 bridgehead atoms. The largest absolute Gasteiger partial charge is 0.481 e. The first-order valence-electron chi connectivity index (χ1n) is 7.89. The first-order valence-corrected chi connectivity index (χ1v) is 9.09. The molecule has 8 heteroatoms. The molecule has 1 aromatic carbocycles. The molecule has 25 heavy (non-hydrogen) atoms. The fourth-order valence-corrected chi connectivity index (χ4v) is 4.44. The van der Waals surface area contributed by atoms with Crippen molar-refractivity contribution in [1.29, 1.82) is 0 Å². The van der Waals surface area contributed by atoms with Crippen LogP contribution >= 0.6 is 22.9 Å². The lowest BCUT2D eigenvalue weighted by atomic mass is 9.89. The Morgan fingerprint density at radius 3 is 2.80 bits per heavy atom. The zero-order valence-electron chi connectivity index (χ0n) is 13.9. The summed E-state index contributed by atoms with van der Waals surface area (Å²) in [6, 6.07) is 5.65. The van der Waals surface area contributed by atoms with Crippen molar-refractivity contribution < 1.29 is 15.0 Å². The number of aryl methyl sites for hydroxylation is 2. The number of carbonyl (C=O) groups is 1. The number of thiophene rings is 1. The first kappa shape index (κ1) is 17.8. The van der Waals surface area contributed by atoms with E-state index in [0.717, 1.165) is 27.0 Å². The monoisotopic (exact) mass is 379 g/mol. The molecule has 0 aliphatic heterocycles. The predicted molar refractivity (Wildman–Crippen MR) is 97.3 cm³/mol. The number of hydrogen-bond acceptors (Lipinski definition) is 5. The highest BCUT2D eigenvalue weighted by atomic mass is 35.5. The number of aromatic nitrogens is 3. The Bertz CT molecular complexity index is 935. The van der Waals surface area contributed by atoms with Crippen LogP contribution < -0.4 is 0 Å². The van der Waals surface area contributed by atoms with Crippen LogP contribution in [0.5, 0.6) is 0 Å². The Labute approximate surface area is 153 Å². The van der Waals surface area contributed by atoms with Gasteiger partial charge in [0.05, 0.1) is 22.9 Å². The van der Waals surface area contributed by atoms with E-state index in [9.17, 15) is 15.0 Å². The SMILES string of the molecule is CCn1nnc2c(C)c(C(CC(=O)O)c3cc(CO)c(Cl)s3)ccc21. The highest BCUT2D eigenvalue weighted by Crippen LogP contribution is 2.39. The molecule has 0 fully saturated rings. The van der Waals surface area contributed by atoms with Gasteiger partial charge in [0.25, 0.3) is 0 Å². The van der Waals surface area contributed by atoms with Crippen LogP contribution in [0.3, 0.4) is 0 Å². The number of aliphatic hydroxyl groups is 1. The topological polar surface area (TPSA) is 88.2 Å². The van der Waals surface area contributed by atoms with Crippen LogP contribution in [-0.2, 0) is 17.9 Å². The molecular formula is C17H18ClN3O3S. The molecule has 0 aliphatic rings. The summed E-state index contributed by atoms with van der Waals surface area (Å²) in [5.41, 5.74) is 4.13. The molecule has 0 spiro atoms. The number of benzene rings is 1. The first-order chi connectivity index (χ1) is 12.0. The quantitative estimate of drug-likeness (QED) is 0.683. The third-order valence-electron chi connectivity index (χ3n) is 4.33. The second-order valence-corrected chi connectivity index (χ2v) is 7.49. The smallest absolute Gasteiger partial charge is 0.304 e. The number of rotatable bonds is 6. The standard InChI is InChI=1S/C17H18ClN3O3S/c1-3-21-13-5-4-11(9(2)16(13)19-20-21)12(7-15(23)24)14-6-10(8-22)17(18)25-14/h4-6,12,22H,3,7-8H2,1-2H3,(H,23,24). The van der Waals surface area contributed by atoms with Gasteiger partial charge in [-0.3, -0.25) is 4.79 Å². The summed E-state index contributed by atoms with van der Waals surface area (Å²) < 4.78 is 2.30. The second kappa shape index (κ2) is 7.11. The number of aliphatic hydroxyl groups excluding tert-OH is 1. The minimum absolute atomic E-state index is 0.0596. The van der Waals surface area contributed by atoms with E-state index in [2.05, 4.69) is 10.3 Å². The lowest BCUT2D eigenvalue weighted by Crippen LogP contribution is -2.08. The van der Waals surface area contributed by atoms with Crippen LogP contribution in [0.15, 0.2) is 18.2 Å². The molecule has 2 heterocycles. The van der Waals surface area contributed by atoms with Crippen molar-refractivity contribution in [2.45, 2.75) is 39.3 Å². The van der Waals surface area contributed by atoms with Crippen LogP contribution in [-0.4, -0.2) is 31.2 Å². The van der Waals surface area contributed by atoms with Gasteiger partial charge >= 0.3 is 5.97 Å². The van der Waals surface area contributed by atoms with Gasteiger partial charge in [-0.1, -0.05) is 22.9 Å². The summed E-state index contributed by atoms with van der Waals surface area (Å²) >= 11 is 7.46. The lowest BCUT2D eigenvalue weighted by Gasteiger charge is -2.16. The van der Waals surface area contributed by atoms with Crippen LogP contribution in [0.2, 0.25) is 4.34 Å². The van der Waals surface area contributed by atoms with Crippen molar-refractivity contribution in [2.75, 3.05) is 0 Å². The third-order valence-corrected chi connectivity index (χ3v) is 5.88. The van der Waals surface area contributed by atoms with Gasteiger partial charge in [-0.15, -0.1) is 16.4 Å². The Kier molecular flexibility index (Phi) is 5.08. The summed E-state index contributed by atoms with van der Waals surface area (Å²) in [4.78, 5) is 12.3. The fourth-order valence-electron chi connectivity index (χ4n) is 3.04. The summed E-state index contributed by atoms with van der Waals surface area (Å²) in [6.45, 7) is 4.48. The van der Waals surface area contributed by atoms with Crippen molar-refractivity contribution in [3.8, 4) is 0 Å². The molecule has 3 rings (SSSR count). The van der Waals surface area contributed by atoms with Gasteiger partial charge in [0.15, 0.2) is 0 Å². The number of halogens is 1. The van der Waals surface area contributed by atoms with E-state index in [1.807, 2.05) is 30.7 Å². The Morgan fingerprint density at radius 2 is 2.20 bits per heavy atom. The molecule has 0 radical (unpaired) electrons. The Morgan fingerprint density at radius 1 is 1.44 bits per heavy atom. The second-order valence-electron chi connectivity index (χ2n) is 5.81. The lowest BCUT2D eigenvalue weighted by molar-refractivity contribution is -0.137. The van der Waals surface area contributed by atoms with Crippen LogP contribution in [0.1, 0.15) is 40.8 Å². The van der Waals surface area contributed by atoms with Crippen molar-refractivity contribution in [2.24, 2.45) is 0 Å². The van der Waals surface area contributed by atoms with Gasteiger partial charge in [0, 0.05) is 22.9 Å². The average molecular weight is 380 g/mol. The molecule has 0 saturated heterocycles. The maximum Gasteiger partial charge on any atom is 0.304 e. The van der Waals surface area contributed by atoms with Gasteiger partial charge in [-0.05, 0) is 37.1 Å². The third kappa shape index (κ3) is 3.27.